The van der Waals surface area contributed by atoms with Crippen molar-refractivity contribution in [1.29, 1.82) is 0 Å². The number of rotatable bonds is 4. The third-order valence-electron chi connectivity index (χ3n) is 11.1. The zero-order valence-electron chi connectivity index (χ0n) is 29.5. The lowest BCUT2D eigenvalue weighted by Gasteiger charge is -2.22. The van der Waals surface area contributed by atoms with Crippen LogP contribution < -0.4 is 4.74 Å². The maximum atomic E-state index is 6.64. The van der Waals surface area contributed by atoms with Gasteiger partial charge < -0.3 is 13.9 Å². The van der Waals surface area contributed by atoms with Crippen LogP contribution in [0.1, 0.15) is 0 Å². The van der Waals surface area contributed by atoms with Crippen LogP contribution in [0.15, 0.2) is 182 Å². The summed E-state index contributed by atoms with van der Waals surface area (Å²) < 4.78 is 11.3. The van der Waals surface area contributed by atoms with Gasteiger partial charge >= 0.3 is 0 Å². The third-order valence-corrected chi connectivity index (χ3v) is 11.1. The maximum absolute atomic E-state index is 6.64. The Morgan fingerprint density at radius 1 is 0.382 bits per heavy atom. The SMILES string of the molecule is c1ccc(-c2nc3c4c(cccc4n2)Oc2cc(-n4c5ccccc5c5cc(-c6ccc7c(c6)c6ccccc6n7-c6ccccc6)ccc54)ccc2-3)cc1. The molecule has 0 fully saturated rings. The first-order valence-corrected chi connectivity index (χ1v) is 18.6. The van der Waals surface area contributed by atoms with Gasteiger partial charge in [0.05, 0.1) is 38.7 Å². The number of aromatic nitrogens is 4. The first-order valence-electron chi connectivity index (χ1n) is 18.6. The molecule has 0 unspecified atom stereocenters. The van der Waals surface area contributed by atoms with Crippen LogP contribution in [-0.4, -0.2) is 19.1 Å². The van der Waals surface area contributed by atoms with E-state index in [-0.39, 0.29) is 0 Å². The van der Waals surface area contributed by atoms with E-state index in [4.69, 9.17) is 14.7 Å². The molecule has 5 nitrogen and oxygen atoms in total. The summed E-state index contributed by atoms with van der Waals surface area (Å²) in [5, 5.41) is 5.84. The Morgan fingerprint density at radius 3 is 1.67 bits per heavy atom. The Hall–Kier alpha value is -7.50. The van der Waals surface area contributed by atoms with E-state index in [1.165, 1.54) is 43.7 Å². The van der Waals surface area contributed by atoms with Gasteiger partial charge in [-0.1, -0.05) is 103 Å². The highest BCUT2D eigenvalue weighted by molar-refractivity contribution is 6.13. The second kappa shape index (κ2) is 11.5. The Kier molecular flexibility index (Phi) is 6.27. The van der Waals surface area contributed by atoms with Gasteiger partial charge in [-0.05, 0) is 83.9 Å². The lowest BCUT2D eigenvalue weighted by atomic mass is 10.0. The summed E-state index contributed by atoms with van der Waals surface area (Å²) in [6.45, 7) is 0. The second-order valence-corrected chi connectivity index (χ2v) is 14.2. The lowest BCUT2D eigenvalue weighted by Crippen LogP contribution is -2.03. The van der Waals surface area contributed by atoms with Crippen LogP contribution in [-0.2, 0) is 0 Å². The van der Waals surface area contributed by atoms with Crippen molar-refractivity contribution in [1.82, 2.24) is 19.1 Å². The largest absolute Gasteiger partial charge is 0.456 e. The number of para-hydroxylation sites is 3. The van der Waals surface area contributed by atoms with Crippen LogP contribution in [0.25, 0.3) is 99.7 Å². The zero-order valence-corrected chi connectivity index (χ0v) is 29.5. The van der Waals surface area contributed by atoms with E-state index in [0.29, 0.717) is 5.82 Å². The minimum absolute atomic E-state index is 0.705. The smallest absolute Gasteiger partial charge is 0.160 e. The van der Waals surface area contributed by atoms with Gasteiger partial charge in [0.2, 0.25) is 0 Å². The highest BCUT2D eigenvalue weighted by atomic mass is 16.5. The fraction of sp³-hybridized carbons (Fsp3) is 0. The molecule has 12 rings (SSSR count). The van der Waals surface area contributed by atoms with E-state index in [1.54, 1.807) is 0 Å². The van der Waals surface area contributed by atoms with Gasteiger partial charge in [0, 0.05) is 50.1 Å². The summed E-state index contributed by atoms with van der Waals surface area (Å²) in [4.78, 5) is 10.0. The van der Waals surface area contributed by atoms with Gasteiger partial charge in [0.25, 0.3) is 0 Å². The molecule has 0 atom stereocenters. The van der Waals surface area contributed by atoms with Gasteiger partial charge in [0.1, 0.15) is 11.5 Å². The van der Waals surface area contributed by atoms with Gasteiger partial charge in [-0.25, -0.2) is 9.97 Å². The molecule has 0 N–H and O–H groups in total. The van der Waals surface area contributed by atoms with Crippen LogP contribution in [0.2, 0.25) is 0 Å². The monoisotopic (exact) mass is 702 g/mol. The predicted octanol–water partition coefficient (Wildman–Crippen LogP) is 12.9. The van der Waals surface area contributed by atoms with E-state index in [9.17, 15) is 0 Å². The highest BCUT2D eigenvalue weighted by Gasteiger charge is 2.25. The van der Waals surface area contributed by atoms with Crippen molar-refractivity contribution in [2.45, 2.75) is 0 Å². The normalized spacial score (nSPS) is 12.1. The molecule has 256 valence electrons. The van der Waals surface area contributed by atoms with Gasteiger partial charge in [-0.2, -0.15) is 0 Å². The van der Waals surface area contributed by atoms with Crippen molar-refractivity contribution >= 4 is 54.5 Å². The number of hydrogen-bond donors (Lipinski definition) is 0. The van der Waals surface area contributed by atoms with Crippen LogP contribution in [0.3, 0.4) is 0 Å². The lowest BCUT2D eigenvalue weighted by molar-refractivity contribution is 0.486. The fourth-order valence-corrected chi connectivity index (χ4v) is 8.63. The van der Waals surface area contributed by atoms with E-state index >= 15 is 0 Å². The number of ether oxygens (including phenoxy) is 1. The molecule has 0 saturated carbocycles. The standard InChI is InChI=1S/C50H30N4O/c1-3-12-31(13-4-1)50-51-41-18-11-21-46-48(41)49(52-50)38-25-24-35(30-47(38)55-46)54-43-20-10-8-17-37(43)40-29-33(23-27-45(40)54)32-22-26-44-39(28-32)36-16-7-9-19-42(36)53(44)34-14-5-2-6-15-34/h1-30H. The molecule has 0 aliphatic carbocycles. The summed E-state index contributed by atoms with van der Waals surface area (Å²) in [6, 6.07) is 64.4. The second-order valence-electron chi connectivity index (χ2n) is 14.2. The molecule has 5 heteroatoms. The zero-order chi connectivity index (χ0) is 36.0. The molecule has 11 aromatic rings. The Morgan fingerprint density at radius 2 is 0.982 bits per heavy atom. The van der Waals surface area contributed by atoms with E-state index in [1.807, 2.05) is 36.4 Å². The van der Waals surface area contributed by atoms with E-state index in [2.05, 4.69) is 155 Å². The van der Waals surface area contributed by atoms with Gasteiger partial charge in [-0.15, -0.1) is 0 Å². The fourth-order valence-electron chi connectivity index (χ4n) is 8.63. The molecule has 0 radical (unpaired) electrons. The number of nitrogens with zero attached hydrogens (tertiary/aromatic N) is 4. The number of fused-ring (bicyclic) bond motifs is 8. The Labute approximate surface area is 316 Å². The van der Waals surface area contributed by atoms with Gasteiger partial charge in [0.15, 0.2) is 5.82 Å². The quantitative estimate of drug-likeness (QED) is 0.183. The topological polar surface area (TPSA) is 44.9 Å². The molecule has 55 heavy (non-hydrogen) atoms. The van der Waals surface area contributed by atoms with Crippen LogP contribution in [0, 0.1) is 0 Å². The molecular formula is C50H30N4O. The molecule has 1 aliphatic heterocycles. The third kappa shape index (κ3) is 4.47. The van der Waals surface area contributed by atoms with Crippen molar-refractivity contribution in [2.75, 3.05) is 0 Å². The molecule has 4 heterocycles. The van der Waals surface area contributed by atoms with Crippen LogP contribution in [0.4, 0.5) is 0 Å². The molecular weight excluding hydrogens is 673 g/mol. The van der Waals surface area contributed by atoms with Crippen molar-refractivity contribution in [3.8, 4) is 56.6 Å². The maximum Gasteiger partial charge on any atom is 0.160 e. The summed E-state index contributed by atoms with van der Waals surface area (Å²) >= 11 is 0. The molecule has 1 aliphatic rings. The summed E-state index contributed by atoms with van der Waals surface area (Å²) in [6.07, 6.45) is 0. The predicted molar refractivity (Wildman–Crippen MR) is 225 cm³/mol. The summed E-state index contributed by atoms with van der Waals surface area (Å²) in [7, 11) is 0. The van der Waals surface area contributed by atoms with Crippen molar-refractivity contribution < 1.29 is 4.74 Å². The molecule has 3 aromatic heterocycles. The average molecular weight is 703 g/mol. The Balaban J connectivity index is 1.00. The number of benzene rings is 8. The first kappa shape index (κ1) is 30.0. The van der Waals surface area contributed by atoms with Crippen molar-refractivity contribution in [3.05, 3.63) is 182 Å². The summed E-state index contributed by atoms with van der Waals surface area (Å²) in [5.74, 6) is 2.25. The average Bonchev–Trinajstić information content (AvgIpc) is 3.76. The van der Waals surface area contributed by atoms with Crippen molar-refractivity contribution in [2.24, 2.45) is 0 Å². The summed E-state index contributed by atoms with van der Waals surface area (Å²) in [5.41, 5.74) is 13.0. The molecule has 0 saturated heterocycles. The number of hydrogen-bond acceptors (Lipinski definition) is 3. The van der Waals surface area contributed by atoms with Crippen molar-refractivity contribution in [3.63, 3.8) is 0 Å². The minimum atomic E-state index is 0.705. The first-order chi connectivity index (χ1) is 27.3. The van der Waals surface area contributed by atoms with E-state index in [0.717, 1.165) is 61.6 Å². The van der Waals surface area contributed by atoms with Gasteiger partial charge in [-0.3, -0.25) is 0 Å². The molecule has 0 amide bonds. The molecule has 0 spiro atoms. The Bertz CT molecular complexity index is 3340. The van der Waals surface area contributed by atoms with Crippen LogP contribution >= 0.6 is 0 Å². The molecule has 0 bridgehead atoms. The van der Waals surface area contributed by atoms with E-state index < -0.39 is 0 Å². The molecule has 8 aromatic carbocycles. The minimum Gasteiger partial charge on any atom is -0.456 e. The van der Waals surface area contributed by atoms with Crippen LogP contribution in [0.5, 0.6) is 11.5 Å². The highest BCUT2D eigenvalue weighted by Crippen LogP contribution is 2.47.